The van der Waals surface area contributed by atoms with E-state index in [1.165, 1.54) is 24.9 Å². The summed E-state index contributed by atoms with van der Waals surface area (Å²) in [5.74, 6) is 0.0690. The van der Waals surface area contributed by atoms with E-state index in [0.717, 1.165) is 11.3 Å². The number of nitrogens with one attached hydrogen (secondary N) is 1. The Balaban J connectivity index is 1.54. The van der Waals surface area contributed by atoms with E-state index in [4.69, 9.17) is 21.1 Å². The van der Waals surface area contributed by atoms with Gasteiger partial charge < -0.3 is 14.8 Å². The second-order valence-corrected chi connectivity index (χ2v) is 8.67. The van der Waals surface area contributed by atoms with Gasteiger partial charge in [0.05, 0.1) is 22.7 Å². The maximum absolute atomic E-state index is 13.9. The molecule has 0 radical (unpaired) electrons. The molecule has 0 saturated carbocycles. The predicted molar refractivity (Wildman–Crippen MR) is 131 cm³/mol. The fraction of sp³-hybridized carbons (Fsp3) is 0.120. The number of benzene rings is 3. The Labute approximate surface area is 200 Å². The number of nitrogens with zero attached hydrogens (tertiary/aromatic N) is 1. The summed E-state index contributed by atoms with van der Waals surface area (Å²) in [6, 6.07) is 17.4. The number of aliphatic imine (C=N–C) groups is 1. The van der Waals surface area contributed by atoms with E-state index in [2.05, 4.69) is 10.3 Å². The minimum atomic E-state index is -0.360. The number of ether oxygens (including phenoxy) is 2. The van der Waals surface area contributed by atoms with Gasteiger partial charge in [-0.05, 0) is 60.7 Å². The predicted octanol–water partition coefficient (Wildman–Crippen LogP) is 6.27. The molecule has 1 heterocycles. The van der Waals surface area contributed by atoms with Gasteiger partial charge in [0.25, 0.3) is 5.91 Å². The lowest BCUT2D eigenvalue weighted by Gasteiger charge is -2.14. The number of methoxy groups -OCH3 is 1. The topological polar surface area (TPSA) is 59.9 Å². The minimum Gasteiger partial charge on any atom is -0.493 e. The van der Waals surface area contributed by atoms with E-state index in [1.54, 1.807) is 36.4 Å². The number of hydrogen-bond donors (Lipinski definition) is 1. The van der Waals surface area contributed by atoms with Crippen molar-refractivity contribution in [3.8, 4) is 11.5 Å². The lowest BCUT2D eigenvalue weighted by atomic mass is 10.1. The first kappa shape index (κ1) is 22.9. The normalized spacial score (nSPS) is 15.7. The molecule has 1 aliphatic heterocycles. The van der Waals surface area contributed by atoms with Crippen LogP contribution in [0.4, 0.5) is 10.1 Å². The van der Waals surface area contributed by atoms with Gasteiger partial charge in [0, 0.05) is 5.56 Å². The molecular weight excluding hydrogens is 463 g/mol. The maximum Gasteiger partial charge on any atom is 0.264 e. The van der Waals surface area contributed by atoms with Crippen LogP contribution in [-0.2, 0) is 11.4 Å². The molecule has 0 aliphatic carbocycles. The van der Waals surface area contributed by atoms with Crippen molar-refractivity contribution >= 4 is 46.2 Å². The van der Waals surface area contributed by atoms with Crippen LogP contribution in [0, 0.1) is 12.7 Å². The molecule has 0 aromatic heterocycles. The molecule has 0 bridgehead atoms. The smallest absolute Gasteiger partial charge is 0.264 e. The number of aryl methyl sites for hydroxylation is 1. The number of carbonyl (C=O) groups excluding carboxylic acids is 1. The van der Waals surface area contributed by atoms with Crippen LogP contribution in [0.1, 0.15) is 16.7 Å². The van der Waals surface area contributed by atoms with Crippen LogP contribution in [0.2, 0.25) is 5.02 Å². The highest BCUT2D eigenvalue weighted by Crippen LogP contribution is 2.38. The summed E-state index contributed by atoms with van der Waals surface area (Å²) in [5, 5.41) is 3.55. The monoisotopic (exact) mass is 482 g/mol. The lowest BCUT2D eigenvalue weighted by molar-refractivity contribution is -0.115. The molecule has 1 aliphatic rings. The Kier molecular flexibility index (Phi) is 7.01. The quantitative estimate of drug-likeness (QED) is 0.421. The Morgan fingerprint density at radius 2 is 1.91 bits per heavy atom. The number of thioether (sulfide) groups is 1. The molecule has 1 saturated heterocycles. The average molecular weight is 483 g/mol. The minimum absolute atomic E-state index is 0.000280. The number of halogens is 2. The molecule has 3 aromatic rings. The average Bonchev–Trinajstić information content (AvgIpc) is 3.13. The Bertz CT molecular complexity index is 1260. The fourth-order valence-electron chi connectivity index (χ4n) is 3.10. The molecule has 1 N–H and O–H groups in total. The zero-order valence-corrected chi connectivity index (χ0v) is 19.5. The van der Waals surface area contributed by atoms with E-state index >= 15 is 0 Å². The molecule has 0 unspecified atom stereocenters. The van der Waals surface area contributed by atoms with Gasteiger partial charge >= 0.3 is 0 Å². The maximum atomic E-state index is 13.9. The summed E-state index contributed by atoms with van der Waals surface area (Å²) in [6.07, 6.45) is 1.70. The van der Waals surface area contributed by atoms with Gasteiger partial charge in [-0.25, -0.2) is 9.38 Å². The van der Waals surface area contributed by atoms with Gasteiger partial charge in [-0.2, -0.15) is 0 Å². The van der Waals surface area contributed by atoms with E-state index in [0.29, 0.717) is 32.7 Å². The van der Waals surface area contributed by atoms with Crippen molar-refractivity contribution in [1.29, 1.82) is 0 Å². The van der Waals surface area contributed by atoms with Crippen LogP contribution in [0.15, 0.2) is 70.6 Å². The second kappa shape index (κ2) is 10.1. The van der Waals surface area contributed by atoms with Crippen LogP contribution in [0.5, 0.6) is 11.5 Å². The largest absolute Gasteiger partial charge is 0.493 e. The molecule has 1 amide bonds. The van der Waals surface area contributed by atoms with Crippen molar-refractivity contribution in [3.63, 3.8) is 0 Å². The Morgan fingerprint density at radius 1 is 1.15 bits per heavy atom. The first-order chi connectivity index (χ1) is 15.9. The van der Waals surface area contributed by atoms with Gasteiger partial charge in [0.1, 0.15) is 12.4 Å². The molecule has 0 atom stereocenters. The van der Waals surface area contributed by atoms with Crippen molar-refractivity contribution in [2.45, 2.75) is 13.5 Å². The third kappa shape index (κ3) is 5.56. The number of rotatable bonds is 6. The van der Waals surface area contributed by atoms with Crippen molar-refractivity contribution in [1.82, 2.24) is 5.32 Å². The van der Waals surface area contributed by atoms with E-state index in [-0.39, 0.29) is 23.4 Å². The summed E-state index contributed by atoms with van der Waals surface area (Å²) in [7, 11) is 1.49. The zero-order chi connectivity index (χ0) is 23.4. The van der Waals surface area contributed by atoms with Crippen molar-refractivity contribution in [2.24, 2.45) is 4.99 Å². The zero-order valence-electron chi connectivity index (χ0n) is 17.9. The van der Waals surface area contributed by atoms with E-state index < -0.39 is 0 Å². The molecule has 3 aromatic carbocycles. The van der Waals surface area contributed by atoms with Gasteiger partial charge in [0.2, 0.25) is 0 Å². The molecule has 5 nitrogen and oxygen atoms in total. The second-order valence-electron chi connectivity index (χ2n) is 7.23. The van der Waals surface area contributed by atoms with E-state index in [9.17, 15) is 9.18 Å². The van der Waals surface area contributed by atoms with Crippen LogP contribution < -0.4 is 14.8 Å². The highest BCUT2D eigenvalue weighted by molar-refractivity contribution is 8.18. The van der Waals surface area contributed by atoms with Crippen molar-refractivity contribution in [3.05, 3.63) is 93.1 Å². The van der Waals surface area contributed by atoms with Gasteiger partial charge in [-0.3, -0.25) is 4.79 Å². The molecule has 168 valence electrons. The third-order valence-electron chi connectivity index (χ3n) is 4.79. The summed E-state index contributed by atoms with van der Waals surface area (Å²) in [6.45, 7) is 2.00. The first-order valence-electron chi connectivity index (χ1n) is 10.0. The number of hydrogen-bond acceptors (Lipinski definition) is 5. The molecule has 4 rings (SSSR count). The summed E-state index contributed by atoms with van der Waals surface area (Å²) < 4.78 is 25.1. The number of amides is 1. The number of carbonyl (C=O) groups is 1. The Hall–Kier alpha value is -3.29. The van der Waals surface area contributed by atoms with Gasteiger partial charge in [-0.1, -0.05) is 47.5 Å². The van der Waals surface area contributed by atoms with Gasteiger partial charge in [0.15, 0.2) is 16.7 Å². The SMILES string of the molecule is COc1cc(/C=C2\SC(=Nc3ccc(C)cc3)NC2=O)cc(Cl)c1OCc1ccccc1F. The fourth-order valence-corrected chi connectivity index (χ4v) is 4.21. The summed E-state index contributed by atoms with van der Waals surface area (Å²) >= 11 is 7.67. The molecule has 33 heavy (non-hydrogen) atoms. The number of amidine groups is 1. The van der Waals surface area contributed by atoms with Gasteiger partial charge in [-0.15, -0.1) is 0 Å². The highest BCUT2D eigenvalue weighted by atomic mass is 35.5. The van der Waals surface area contributed by atoms with E-state index in [1.807, 2.05) is 31.2 Å². The van der Waals surface area contributed by atoms with Crippen molar-refractivity contribution < 1.29 is 18.7 Å². The summed E-state index contributed by atoms with van der Waals surface area (Å²) in [4.78, 5) is 17.4. The molecule has 0 spiro atoms. The third-order valence-corrected chi connectivity index (χ3v) is 5.99. The van der Waals surface area contributed by atoms with Crippen LogP contribution >= 0.6 is 23.4 Å². The van der Waals surface area contributed by atoms with Crippen LogP contribution in [-0.4, -0.2) is 18.2 Å². The molecular formula is C25H20ClFN2O3S. The Morgan fingerprint density at radius 3 is 2.64 bits per heavy atom. The standard InChI is InChI=1S/C25H20ClFN2O3S/c1-15-7-9-18(10-8-15)28-25-29-24(30)22(33-25)13-16-11-19(26)23(21(12-16)31-2)32-14-17-5-3-4-6-20(17)27/h3-13H,14H2,1-2H3,(H,28,29,30)/b22-13-. The van der Waals surface area contributed by atoms with Crippen LogP contribution in [0.25, 0.3) is 6.08 Å². The lowest BCUT2D eigenvalue weighted by Crippen LogP contribution is -2.19. The molecule has 8 heteroatoms. The first-order valence-corrected chi connectivity index (χ1v) is 11.2. The highest BCUT2D eigenvalue weighted by Gasteiger charge is 2.24. The molecule has 1 fully saturated rings. The van der Waals surface area contributed by atoms with Crippen molar-refractivity contribution in [2.75, 3.05) is 7.11 Å². The van der Waals surface area contributed by atoms with Crippen LogP contribution in [0.3, 0.4) is 0 Å². The summed E-state index contributed by atoms with van der Waals surface area (Å²) in [5.41, 5.74) is 2.95.